The van der Waals surface area contributed by atoms with Crippen molar-refractivity contribution < 1.29 is 15.0 Å². The number of ketones is 1. The Hall–Kier alpha value is -0.480. The number of thioether (sulfide) groups is 1. The van der Waals surface area contributed by atoms with Gasteiger partial charge in [0.15, 0.2) is 5.78 Å². The number of allylic oxidation sites excluding steroid dienone is 1. The van der Waals surface area contributed by atoms with E-state index in [0.717, 1.165) is 50.5 Å². The largest absolute Gasteiger partial charge is 0.515 e. The van der Waals surface area contributed by atoms with E-state index in [1.807, 2.05) is 0 Å². The molecule has 0 spiro atoms. The van der Waals surface area contributed by atoms with Crippen LogP contribution in [0.1, 0.15) is 72.6 Å². The molecule has 0 aromatic rings. The maximum atomic E-state index is 12.5. The fourth-order valence-electron chi connectivity index (χ4n) is 7.70. The standard InChI is InChI=1S/C23H36O3S/c1-5-27-19-11-15-10-18(25)14(13-24)12-21(15,2)16-6-8-22(3)17(20(16)19)7-9-23(22,4)26/h13,15-17,19-20,24,26H,5-12H2,1-4H3/t15-,16+,17+,19-,20-,21+,22+,23+/m1/s1. The Morgan fingerprint density at radius 3 is 2.56 bits per heavy atom. The molecular weight excluding hydrogens is 356 g/mol. The molecule has 0 radical (unpaired) electrons. The summed E-state index contributed by atoms with van der Waals surface area (Å²) in [5.41, 5.74) is 0.207. The van der Waals surface area contributed by atoms with Gasteiger partial charge in [-0.3, -0.25) is 4.79 Å². The highest BCUT2D eigenvalue weighted by Crippen LogP contribution is 2.69. The van der Waals surface area contributed by atoms with Crippen LogP contribution < -0.4 is 0 Å². The zero-order valence-corrected chi connectivity index (χ0v) is 18.1. The minimum absolute atomic E-state index is 0.0179. The quantitative estimate of drug-likeness (QED) is 0.505. The average molecular weight is 393 g/mol. The minimum Gasteiger partial charge on any atom is -0.515 e. The minimum atomic E-state index is -0.555. The highest BCUT2D eigenvalue weighted by atomic mass is 32.2. The van der Waals surface area contributed by atoms with Gasteiger partial charge < -0.3 is 10.2 Å². The molecule has 4 heteroatoms. The average Bonchev–Trinajstić information content (AvgIpc) is 2.86. The number of Topliss-reactive ketones (excluding diaryl/α,β-unsaturated/α-hetero) is 1. The maximum Gasteiger partial charge on any atom is 0.162 e. The lowest BCUT2D eigenvalue weighted by atomic mass is 9.44. The van der Waals surface area contributed by atoms with Crippen molar-refractivity contribution in [3.63, 3.8) is 0 Å². The summed E-state index contributed by atoms with van der Waals surface area (Å²) in [4.78, 5) is 12.5. The first-order chi connectivity index (χ1) is 12.7. The van der Waals surface area contributed by atoms with Gasteiger partial charge in [0.05, 0.1) is 11.9 Å². The summed E-state index contributed by atoms with van der Waals surface area (Å²) in [5.74, 6) is 3.50. The molecular formula is C23H36O3S. The number of fused-ring (bicyclic) bond motifs is 5. The zero-order valence-electron chi connectivity index (χ0n) is 17.3. The Balaban J connectivity index is 1.74. The SMILES string of the molecule is CCS[C@@H]1C[C@H]2CC(=O)C(=CO)C[C@]2(C)[C@H]2CC[C@@]3(C)[C@@H](CC[C@]3(C)O)[C@H]12. The maximum absolute atomic E-state index is 12.5. The van der Waals surface area contributed by atoms with Gasteiger partial charge in [-0.15, -0.1) is 0 Å². The molecule has 4 rings (SSSR count). The Labute approximate surface area is 168 Å². The Morgan fingerprint density at radius 1 is 1.19 bits per heavy atom. The van der Waals surface area contributed by atoms with Gasteiger partial charge >= 0.3 is 0 Å². The van der Waals surface area contributed by atoms with Crippen molar-refractivity contribution in [2.45, 2.75) is 83.5 Å². The van der Waals surface area contributed by atoms with E-state index in [0.29, 0.717) is 40.9 Å². The fourth-order valence-corrected chi connectivity index (χ4v) is 9.10. The van der Waals surface area contributed by atoms with E-state index >= 15 is 0 Å². The van der Waals surface area contributed by atoms with Crippen molar-refractivity contribution in [1.29, 1.82) is 0 Å². The van der Waals surface area contributed by atoms with E-state index in [1.54, 1.807) is 0 Å². The first-order valence-corrected chi connectivity index (χ1v) is 11.9. The van der Waals surface area contributed by atoms with Crippen molar-refractivity contribution in [1.82, 2.24) is 0 Å². The zero-order chi connectivity index (χ0) is 19.6. The summed E-state index contributed by atoms with van der Waals surface area (Å²) in [5, 5.41) is 21.4. The highest BCUT2D eigenvalue weighted by Gasteiger charge is 2.65. The van der Waals surface area contributed by atoms with Crippen LogP contribution in [-0.2, 0) is 4.79 Å². The number of aliphatic hydroxyl groups excluding tert-OH is 1. The van der Waals surface area contributed by atoms with Gasteiger partial charge in [-0.25, -0.2) is 0 Å². The third kappa shape index (κ3) is 2.68. The van der Waals surface area contributed by atoms with Crippen LogP contribution in [0.25, 0.3) is 0 Å². The summed E-state index contributed by atoms with van der Waals surface area (Å²) in [6.07, 6.45) is 7.83. The third-order valence-corrected chi connectivity index (χ3v) is 10.8. The molecule has 4 aliphatic carbocycles. The molecule has 0 heterocycles. The lowest BCUT2D eigenvalue weighted by Crippen LogP contribution is -2.59. The smallest absolute Gasteiger partial charge is 0.162 e. The van der Waals surface area contributed by atoms with E-state index in [-0.39, 0.29) is 16.6 Å². The number of aliphatic hydroxyl groups is 2. The molecule has 0 aromatic carbocycles. The number of carbonyl (C=O) groups excluding carboxylic acids is 1. The molecule has 3 nitrogen and oxygen atoms in total. The second kappa shape index (κ2) is 6.52. The van der Waals surface area contributed by atoms with E-state index in [1.165, 1.54) is 0 Å². The number of hydrogen-bond donors (Lipinski definition) is 2. The van der Waals surface area contributed by atoms with Gasteiger partial charge in [-0.1, -0.05) is 20.8 Å². The van der Waals surface area contributed by atoms with E-state index in [2.05, 4.69) is 39.5 Å². The van der Waals surface area contributed by atoms with E-state index in [4.69, 9.17) is 0 Å². The van der Waals surface area contributed by atoms with Crippen LogP contribution >= 0.6 is 11.8 Å². The molecule has 0 amide bonds. The van der Waals surface area contributed by atoms with Gasteiger partial charge in [0.1, 0.15) is 0 Å². The molecule has 0 saturated heterocycles. The number of rotatable bonds is 2. The first kappa shape index (κ1) is 19.8. The third-order valence-electron chi connectivity index (χ3n) is 9.52. The topological polar surface area (TPSA) is 57.5 Å². The van der Waals surface area contributed by atoms with Crippen molar-refractivity contribution in [3.05, 3.63) is 11.8 Å². The van der Waals surface area contributed by atoms with Gasteiger partial charge in [0, 0.05) is 17.2 Å². The van der Waals surface area contributed by atoms with Gasteiger partial charge in [-0.05, 0) is 85.7 Å². The summed E-state index contributed by atoms with van der Waals surface area (Å²) in [6.45, 7) is 9.05. The number of hydrogen-bond acceptors (Lipinski definition) is 4. The molecule has 8 atom stereocenters. The van der Waals surface area contributed by atoms with Crippen LogP contribution in [0.2, 0.25) is 0 Å². The Kier molecular flexibility index (Phi) is 4.78. The van der Waals surface area contributed by atoms with Crippen molar-refractivity contribution in [3.8, 4) is 0 Å². The van der Waals surface area contributed by atoms with Crippen molar-refractivity contribution in [2.75, 3.05) is 5.75 Å². The normalized spacial score (nSPS) is 53.7. The second-order valence-electron chi connectivity index (χ2n) is 10.4. The predicted molar refractivity (Wildman–Crippen MR) is 111 cm³/mol. The summed E-state index contributed by atoms with van der Waals surface area (Å²) in [6, 6.07) is 0. The molecule has 2 N–H and O–H groups in total. The molecule has 152 valence electrons. The number of carbonyl (C=O) groups is 1. The summed E-state index contributed by atoms with van der Waals surface area (Å²) >= 11 is 2.09. The Morgan fingerprint density at radius 2 is 1.89 bits per heavy atom. The van der Waals surface area contributed by atoms with E-state index < -0.39 is 5.60 Å². The summed E-state index contributed by atoms with van der Waals surface area (Å²) < 4.78 is 0. The van der Waals surface area contributed by atoms with Crippen LogP contribution in [0.15, 0.2) is 11.8 Å². The van der Waals surface area contributed by atoms with Crippen LogP contribution in [-0.4, -0.2) is 32.6 Å². The highest BCUT2D eigenvalue weighted by molar-refractivity contribution is 7.99. The molecule has 4 aliphatic rings. The summed E-state index contributed by atoms with van der Waals surface area (Å²) in [7, 11) is 0. The second-order valence-corrected chi connectivity index (χ2v) is 12.0. The molecule has 0 aliphatic heterocycles. The van der Waals surface area contributed by atoms with Crippen LogP contribution in [0.4, 0.5) is 0 Å². The monoisotopic (exact) mass is 392 g/mol. The van der Waals surface area contributed by atoms with Crippen LogP contribution in [0, 0.1) is 34.5 Å². The van der Waals surface area contributed by atoms with Gasteiger partial charge in [-0.2, -0.15) is 11.8 Å². The predicted octanol–water partition coefficient (Wildman–Crippen LogP) is 5.13. The van der Waals surface area contributed by atoms with Crippen molar-refractivity contribution >= 4 is 17.5 Å². The lowest BCUT2D eigenvalue weighted by Gasteiger charge is -2.63. The fraction of sp³-hybridized carbons (Fsp3) is 0.870. The van der Waals surface area contributed by atoms with E-state index in [9.17, 15) is 15.0 Å². The molecule has 0 bridgehead atoms. The lowest BCUT2D eigenvalue weighted by molar-refractivity contribution is -0.145. The van der Waals surface area contributed by atoms with Gasteiger partial charge in [0.2, 0.25) is 0 Å². The van der Waals surface area contributed by atoms with Crippen molar-refractivity contribution in [2.24, 2.45) is 34.5 Å². The first-order valence-electron chi connectivity index (χ1n) is 10.9. The molecule has 4 saturated carbocycles. The van der Waals surface area contributed by atoms with Gasteiger partial charge in [0.25, 0.3) is 0 Å². The molecule has 0 unspecified atom stereocenters. The molecule has 4 fully saturated rings. The Bertz CT molecular complexity index is 656. The molecule has 0 aromatic heterocycles. The van der Waals surface area contributed by atoms with Crippen LogP contribution in [0.5, 0.6) is 0 Å². The molecule has 27 heavy (non-hydrogen) atoms. The van der Waals surface area contributed by atoms with Crippen LogP contribution in [0.3, 0.4) is 0 Å².